The molecule has 700 valence electrons. The third kappa shape index (κ3) is 14.9. The Kier molecular flexibility index (Phi) is 20.9. The number of anilines is 6. The van der Waals surface area contributed by atoms with Crippen LogP contribution in [0.2, 0.25) is 0 Å². The van der Waals surface area contributed by atoms with Crippen molar-refractivity contribution in [3.05, 3.63) is 558 Å². The van der Waals surface area contributed by atoms with Crippen LogP contribution in [0.15, 0.2) is 567 Å². The molecule has 0 saturated heterocycles. The minimum atomic E-state index is 0.864. The van der Waals surface area contributed by atoms with Crippen molar-refractivity contribution in [1.82, 2.24) is 9.13 Å². The molecule has 26 aromatic carbocycles. The van der Waals surface area contributed by atoms with E-state index in [1.807, 2.05) is 18.2 Å². The maximum absolute atomic E-state index is 6.43. The van der Waals surface area contributed by atoms with Gasteiger partial charge in [0.05, 0.1) is 44.2 Å². The second-order valence-electron chi connectivity index (χ2n) is 39.2. The van der Waals surface area contributed by atoms with Gasteiger partial charge in [-0.2, -0.15) is 0 Å². The number of nitrogens with zero attached hydrogens (tertiary/aromatic N) is 4. The van der Waals surface area contributed by atoms with Gasteiger partial charge in [-0.3, -0.25) is 0 Å². The molecule has 0 spiro atoms. The third-order valence-corrected chi connectivity index (χ3v) is 30.8. The Balaban J connectivity index is 0.000000141. The van der Waals surface area contributed by atoms with Gasteiger partial charge in [0, 0.05) is 66.4 Å². The lowest BCUT2D eigenvalue weighted by atomic mass is 9.92. The fourth-order valence-electron chi connectivity index (χ4n) is 23.6. The van der Waals surface area contributed by atoms with Gasteiger partial charge in [0.15, 0.2) is 0 Å². The van der Waals surface area contributed by atoms with E-state index in [1.54, 1.807) is 0 Å². The van der Waals surface area contributed by atoms with Crippen LogP contribution in [0.1, 0.15) is 0 Å². The third-order valence-electron chi connectivity index (χ3n) is 30.8. The average molecular weight is 1910 g/mol. The fourth-order valence-corrected chi connectivity index (χ4v) is 23.6. The predicted octanol–water partition coefficient (Wildman–Crippen LogP) is 40.6. The van der Waals surface area contributed by atoms with Crippen molar-refractivity contribution in [2.24, 2.45) is 0 Å². The van der Waals surface area contributed by atoms with Gasteiger partial charge in [-0.05, 0) is 324 Å². The van der Waals surface area contributed by atoms with Crippen LogP contribution in [0.4, 0.5) is 34.1 Å². The Hall–Kier alpha value is -19.9. The highest BCUT2D eigenvalue weighted by molar-refractivity contribution is 6.28. The summed E-state index contributed by atoms with van der Waals surface area (Å²) in [5.74, 6) is 0. The van der Waals surface area contributed by atoms with Crippen molar-refractivity contribution in [1.29, 1.82) is 0 Å². The number of para-hydroxylation sites is 3. The highest BCUT2D eigenvalue weighted by Gasteiger charge is 2.26. The first-order valence-electron chi connectivity index (χ1n) is 51.5. The lowest BCUT2D eigenvalue weighted by Gasteiger charge is -2.26. The van der Waals surface area contributed by atoms with Crippen LogP contribution in [0, 0.1) is 0 Å². The number of hydrogen-bond donors (Lipinski definition) is 0. The molecule has 0 radical (unpaired) electrons. The van der Waals surface area contributed by atoms with Crippen molar-refractivity contribution < 1.29 is 8.83 Å². The molecule has 4 aromatic heterocycles. The Labute approximate surface area is 866 Å². The summed E-state index contributed by atoms with van der Waals surface area (Å²) in [5, 5.41) is 24.6. The van der Waals surface area contributed by atoms with E-state index >= 15 is 0 Å². The van der Waals surface area contributed by atoms with Crippen molar-refractivity contribution in [2.45, 2.75) is 0 Å². The summed E-state index contributed by atoms with van der Waals surface area (Å²) < 4.78 is 17.7. The number of furan rings is 2. The number of hydrogen-bond acceptors (Lipinski definition) is 4. The van der Waals surface area contributed by atoms with Crippen molar-refractivity contribution in [3.8, 4) is 100 Å². The molecule has 6 nitrogen and oxygen atoms in total. The van der Waals surface area contributed by atoms with E-state index in [9.17, 15) is 0 Å². The van der Waals surface area contributed by atoms with E-state index in [1.165, 1.54) is 164 Å². The largest absolute Gasteiger partial charge is 0.456 e. The minimum absolute atomic E-state index is 0.864. The van der Waals surface area contributed by atoms with Gasteiger partial charge in [0.1, 0.15) is 22.3 Å². The molecule has 0 unspecified atom stereocenters. The molecule has 0 saturated carbocycles. The van der Waals surface area contributed by atoms with Crippen molar-refractivity contribution >= 4 is 186 Å². The second kappa shape index (κ2) is 36.1. The van der Waals surface area contributed by atoms with Crippen LogP contribution in [0.5, 0.6) is 0 Å². The first-order chi connectivity index (χ1) is 74.4. The van der Waals surface area contributed by atoms with Gasteiger partial charge in [0.2, 0.25) is 0 Å². The van der Waals surface area contributed by atoms with Gasteiger partial charge in [-0.25, -0.2) is 0 Å². The van der Waals surface area contributed by atoms with Crippen LogP contribution in [-0.4, -0.2) is 9.13 Å². The van der Waals surface area contributed by atoms with Gasteiger partial charge in [-0.15, -0.1) is 0 Å². The highest BCUT2D eigenvalue weighted by atomic mass is 16.3. The zero-order chi connectivity index (χ0) is 98.8. The van der Waals surface area contributed by atoms with Gasteiger partial charge in [0.25, 0.3) is 0 Å². The van der Waals surface area contributed by atoms with E-state index < -0.39 is 0 Å². The molecule has 4 heterocycles. The van der Waals surface area contributed by atoms with Crippen LogP contribution in [0.3, 0.4) is 0 Å². The monoisotopic (exact) mass is 1910 g/mol. The zero-order valence-electron chi connectivity index (χ0n) is 81.7. The van der Waals surface area contributed by atoms with Gasteiger partial charge in [-0.1, -0.05) is 388 Å². The molecule has 6 heteroatoms. The molecule has 0 N–H and O–H groups in total. The molecule has 0 amide bonds. The maximum atomic E-state index is 6.43. The molecule has 0 bridgehead atoms. The Morgan fingerprint density at radius 1 is 0.127 bits per heavy atom. The van der Waals surface area contributed by atoms with Gasteiger partial charge >= 0.3 is 0 Å². The maximum Gasteiger partial charge on any atom is 0.137 e. The van der Waals surface area contributed by atoms with Crippen LogP contribution in [0.25, 0.3) is 253 Å². The number of benzene rings is 26. The second-order valence-corrected chi connectivity index (χ2v) is 39.2. The minimum Gasteiger partial charge on any atom is -0.456 e. The zero-order valence-corrected chi connectivity index (χ0v) is 81.7. The van der Waals surface area contributed by atoms with Crippen LogP contribution in [-0.2, 0) is 0 Å². The first-order valence-corrected chi connectivity index (χ1v) is 51.5. The summed E-state index contributed by atoms with van der Waals surface area (Å²) in [4.78, 5) is 4.70. The molecule has 150 heavy (non-hydrogen) atoms. The SMILES string of the molecule is c1ccc(-c2ccc(-c3ccc4c(c3)c3cc(-c5ccc(N(c6ccccc6)c6cccc7oc8ccccc8c67)cc5)ccc3n4-c3ccc(-c4ccc5c6ccccc6c6ccccc6c5c4)cc3)cc2)cc1.c1ccc(-c2ccc(N(c3ccc(-c4ccc5c(c4)c4cc(-c6ccccc6)ccc4n5-c4ccc(-c5ccc6c7ccccc7c7ccccc7c6c5)cc4)cc3)c3cccc4oc5ccccc5c34)cc2)cc1. The number of rotatable bonds is 16. The quantitative estimate of drug-likeness (QED) is 0.0904. The molecule has 30 rings (SSSR count). The van der Waals surface area contributed by atoms with Crippen LogP contribution >= 0.6 is 0 Å². The molecular formula is C144H92N4O2. The predicted molar refractivity (Wildman–Crippen MR) is 634 cm³/mol. The summed E-state index contributed by atoms with van der Waals surface area (Å²) >= 11 is 0. The van der Waals surface area contributed by atoms with E-state index in [0.717, 1.165) is 123 Å². The molecule has 0 aliphatic heterocycles. The molecule has 0 atom stereocenters. The van der Waals surface area contributed by atoms with E-state index in [2.05, 4.69) is 559 Å². The number of fused-ring (bicyclic) bond motifs is 24. The normalized spacial score (nSPS) is 11.7. The van der Waals surface area contributed by atoms with Crippen molar-refractivity contribution in [3.63, 3.8) is 0 Å². The van der Waals surface area contributed by atoms with E-state index in [0.29, 0.717) is 0 Å². The molecule has 0 fully saturated rings. The highest BCUT2D eigenvalue weighted by Crippen LogP contribution is 2.50. The molecule has 0 aliphatic carbocycles. The van der Waals surface area contributed by atoms with E-state index in [-0.39, 0.29) is 0 Å². The summed E-state index contributed by atoms with van der Waals surface area (Å²) in [6.07, 6.45) is 0. The summed E-state index contributed by atoms with van der Waals surface area (Å²) in [6.45, 7) is 0. The lowest BCUT2D eigenvalue weighted by molar-refractivity contribution is 0.668. The molecule has 30 aromatic rings. The first kappa shape index (κ1) is 86.7. The lowest BCUT2D eigenvalue weighted by Crippen LogP contribution is -2.10. The topological polar surface area (TPSA) is 42.6 Å². The summed E-state index contributed by atoms with van der Waals surface area (Å²) in [7, 11) is 0. The Bertz CT molecular complexity index is 10500. The van der Waals surface area contributed by atoms with Crippen LogP contribution < -0.4 is 9.80 Å². The standard InChI is InChI=1S/2C72H46N2O/c1-3-14-47(15-4-1)49-26-35-55(36-27-49)73(69-23-13-25-71-72(69)63-22-11-12-24-70(63)75-71)56-37-28-51(29-38-56)54-34-43-68-66(46-54)65-45-53(48-16-5-2-6-17-48)33-42-67(65)74(68)57-39-30-50(31-40-57)52-32-41-62-60-20-8-7-18-58(60)59-19-9-10-21-61(59)64(62)44-52;1-3-14-47(15-4-1)48-26-28-49(29-27-48)53-35-42-67-65(45-53)66-46-54(51-30-37-56(38-31-51)73(55-16-5-2-6-17-55)69-23-13-25-71-72(69)63-22-11-12-24-70(63)75-71)36-43-68(66)74(67)57-39-32-50(33-40-57)52-34-41-62-60-20-8-7-18-58(60)59-19-9-10-21-61(59)64(62)44-52/h2*1-46H. The smallest absolute Gasteiger partial charge is 0.137 e. The van der Waals surface area contributed by atoms with E-state index in [4.69, 9.17) is 8.83 Å². The fraction of sp³-hybridized carbons (Fsp3) is 0. The summed E-state index contributed by atoms with van der Waals surface area (Å²) in [6, 6.07) is 203. The van der Waals surface area contributed by atoms with Gasteiger partial charge < -0.3 is 27.8 Å². The Morgan fingerprint density at radius 3 is 0.633 bits per heavy atom. The van der Waals surface area contributed by atoms with Crippen molar-refractivity contribution in [2.75, 3.05) is 9.80 Å². The Morgan fingerprint density at radius 2 is 0.327 bits per heavy atom. The molecule has 0 aliphatic rings. The molecular weight excluding hydrogens is 1820 g/mol. The average Bonchev–Trinajstić information content (AvgIpc) is 1.70. The number of aromatic nitrogens is 2. The summed E-state index contributed by atoms with van der Waals surface area (Å²) in [5.41, 5.74) is 35.8.